The molecule has 0 radical (unpaired) electrons. The number of phenols is 1. The molecule has 1 aromatic heterocycles. The molecule has 0 saturated heterocycles. The Hall–Kier alpha value is -2.49. The van der Waals surface area contributed by atoms with Crippen LogP contribution in [0.3, 0.4) is 0 Å². The molecular formula is C15H13NO3. The molecule has 19 heavy (non-hydrogen) atoms. The van der Waals surface area contributed by atoms with Crippen molar-refractivity contribution in [2.75, 3.05) is 0 Å². The topological polar surface area (TPSA) is 55.4 Å². The van der Waals surface area contributed by atoms with Crippen LogP contribution < -0.4 is 5.76 Å². The fourth-order valence-corrected chi connectivity index (χ4v) is 2.19. The van der Waals surface area contributed by atoms with E-state index in [-0.39, 0.29) is 5.75 Å². The molecule has 3 rings (SSSR count). The average Bonchev–Trinajstić information content (AvgIpc) is 2.66. The summed E-state index contributed by atoms with van der Waals surface area (Å²) in [6.45, 7) is 2.43. The summed E-state index contributed by atoms with van der Waals surface area (Å²) in [4.78, 5) is 11.9. The molecule has 0 spiro atoms. The molecule has 0 saturated carbocycles. The van der Waals surface area contributed by atoms with Gasteiger partial charge in [-0.15, -0.1) is 0 Å². The highest BCUT2D eigenvalue weighted by Gasteiger charge is 2.10. The van der Waals surface area contributed by atoms with Crippen molar-refractivity contribution in [2.45, 2.75) is 13.5 Å². The first-order valence-electron chi connectivity index (χ1n) is 6.01. The first-order chi connectivity index (χ1) is 9.13. The van der Waals surface area contributed by atoms with Crippen molar-refractivity contribution in [1.82, 2.24) is 4.57 Å². The van der Waals surface area contributed by atoms with Crippen LogP contribution in [0.1, 0.15) is 11.1 Å². The van der Waals surface area contributed by atoms with E-state index in [1.807, 2.05) is 31.2 Å². The van der Waals surface area contributed by atoms with Gasteiger partial charge in [0.15, 0.2) is 5.58 Å². The van der Waals surface area contributed by atoms with E-state index in [1.165, 1.54) is 16.7 Å². The van der Waals surface area contributed by atoms with Crippen LogP contribution in [0.2, 0.25) is 0 Å². The number of nitrogens with zero attached hydrogens (tertiary/aromatic N) is 1. The van der Waals surface area contributed by atoms with Gasteiger partial charge in [0.05, 0.1) is 12.1 Å². The normalized spacial score (nSPS) is 11.0. The van der Waals surface area contributed by atoms with Crippen LogP contribution in [0.15, 0.2) is 51.7 Å². The lowest BCUT2D eigenvalue weighted by Gasteiger charge is -2.04. The predicted molar refractivity (Wildman–Crippen MR) is 72.4 cm³/mol. The molecule has 0 bridgehead atoms. The van der Waals surface area contributed by atoms with Gasteiger partial charge in [0.2, 0.25) is 0 Å². The van der Waals surface area contributed by atoms with E-state index in [0.717, 1.165) is 11.1 Å². The van der Waals surface area contributed by atoms with Gasteiger partial charge in [-0.1, -0.05) is 29.8 Å². The van der Waals surface area contributed by atoms with Gasteiger partial charge in [0.25, 0.3) is 0 Å². The summed E-state index contributed by atoms with van der Waals surface area (Å²) >= 11 is 0. The van der Waals surface area contributed by atoms with E-state index in [9.17, 15) is 9.90 Å². The molecular weight excluding hydrogens is 242 g/mol. The van der Waals surface area contributed by atoms with Crippen LogP contribution in [0.4, 0.5) is 0 Å². The Morgan fingerprint density at radius 1 is 1.21 bits per heavy atom. The Kier molecular flexibility index (Phi) is 2.63. The van der Waals surface area contributed by atoms with E-state index in [0.29, 0.717) is 17.6 Å². The third-order valence-corrected chi connectivity index (χ3v) is 3.07. The van der Waals surface area contributed by atoms with Gasteiger partial charge >= 0.3 is 5.76 Å². The van der Waals surface area contributed by atoms with Gasteiger partial charge < -0.3 is 9.52 Å². The van der Waals surface area contributed by atoms with Gasteiger partial charge in [-0.05, 0) is 24.6 Å². The highest BCUT2D eigenvalue weighted by molar-refractivity contribution is 5.74. The molecule has 0 aliphatic heterocycles. The molecule has 0 unspecified atom stereocenters. The fraction of sp³-hybridized carbons (Fsp3) is 0.133. The number of fused-ring (bicyclic) bond motifs is 1. The van der Waals surface area contributed by atoms with E-state index in [1.54, 1.807) is 6.07 Å². The maximum atomic E-state index is 11.9. The summed E-state index contributed by atoms with van der Waals surface area (Å²) in [6.07, 6.45) is 0. The maximum absolute atomic E-state index is 11.9. The highest BCUT2D eigenvalue weighted by Crippen LogP contribution is 2.19. The number of rotatable bonds is 2. The van der Waals surface area contributed by atoms with Crippen molar-refractivity contribution >= 4 is 11.1 Å². The van der Waals surface area contributed by atoms with Gasteiger partial charge in [-0.3, -0.25) is 4.57 Å². The van der Waals surface area contributed by atoms with Gasteiger partial charge in [-0.2, -0.15) is 0 Å². The zero-order chi connectivity index (χ0) is 13.4. The van der Waals surface area contributed by atoms with Crippen LogP contribution >= 0.6 is 0 Å². The van der Waals surface area contributed by atoms with Crippen molar-refractivity contribution in [2.24, 2.45) is 0 Å². The van der Waals surface area contributed by atoms with Crippen molar-refractivity contribution in [3.8, 4) is 5.75 Å². The Bertz CT molecular complexity index is 799. The number of oxazole rings is 1. The zero-order valence-corrected chi connectivity index (χ0v) is 10.5. The molecule has 0 fully saturated rings. The lowest BCUT2D eigenvalue weighted by atomic mass is 10.1. The third kappa shape index (κ3) is 2.12. The Labute approximate surface area is 109 Å². The van der Waals surface area contributed by atoms with Crippen LogP contribution in [0.5, 0.6) is 5.75 Å². The summed E-state index contributed by atoms with van der Waals surface area (Å²) in [6, 6.07) is 12.6. The molecule has 4 nitrogen and oxygen atoms in total. The second kappa shape index (κ2) is 4.31. The maximum Gasteiger partial charge on any atom is 0.420 e. The zero-order valence-electron chi connectivity index (χ0n) is 10.5. The highest BCUT2D eigenvalue weighted by atomic mass is 16.4. The molecule has 1 N–H and O–H groups in total. The van der Waals surface area contributed by atoms with Crippen LogP contribution in [0, 0.1) is 6.92 Å². The number of hydrogen-bond donors (Lipinski definition) is 1. The lowest BCUT2D eigenvalue weighted by Crippen LogP contribution is -2.14. The van der Waals surface area contributed by atoms with Crippen molar-refractivity contribution in [3.63, 3.8) is 0 Å². The minimum absolute atomic E-state index is 0.117. The van der Waals surface area contributed by atoms with Gasteiger partial charge in [0, 0.05) is 6.07 Å². The number of phenolic OH excluding ortho intramolecular Hbond substituents is 1. The SMILES string of the molecule is Cc1cccc(Cn2c(=O)oc3ccc(O)cc32)c1. The number of benzene rings is 2. The fourth-order valence-electron chi connectivity index (χ4n) is 2.19. The van der Waals surface area contributed by atoms with Gasteiger partial charge in [0.1, 0.15) is 5.75 Å². The molecule has 0 amide bonds. The molecule has 2 aromatic carbocycles. The summed E-state index contributed by atoms with van der Waals surface area (Å²) in [7, 11) is 0. The molecule has 1 heterocycles. The second-order valence-electron chi connectivity index (χ2n) is 4.60. The van der Waals surface area contributed by atoms with Crippen molar-refractivity contribution < 1.29 is 9.52 Å². The standard InChI is InChI=1S/C15H13NO3/c1-10-3-2-4-11(7-10)9-16-13-8-12(17)5-6-14(13)19-15(16)18/h2-8,17H,9H2,1H3. The Balaban J connectivity index is 2.12. The minimum Gasteiger partial charge on any atom is -0.508 e. The largest absolute Gasteiger partial charge is 0.508 e. The van der Waals surface area contributed by atoms with Crippen molar-refractivity contribution in [1.29, 1.82) is 0 Å². The molecule has 4 heteroatoms. The Morgan fingerprint density at radius 2 is 2.05 bits per heavy atom. The van der Waals surface area contributed by atoms with Crippen LogP contribution in [-0.2, 0) is 6.54 Å². The minimum atomic E-state index is -0.415. The number of aryl methyl sites for hydroxylation is 1. The quantitative estimate of drug-likeness (QED) is 0.766. The summed E-state index contributed by atoms with van der Waals surface area (Å²) in [5.74, 6) is -0.298. The van der Waals surface area contributed by atoms with Crippen molar-refractivity contribution in [3.05, 3.63) is 64.1 Å². The number of hydrogen-bond acceptors (Lipinski definition) is 3. The predicted octanol–water partition coefficient (Wildman–Crippen LogP) is 2.66. The summed E-state index contributed by atoms with van der Waals surface area (Å²) in [5.41, 5.74) is 3.25. The molecule has 0 atom stereocenters. The molecule has 0 aliphatic carbocycles. The second-order valence-corrected chi connectivity index (χ2v) is 4.60. The van der Waals surface area contributed by atoms with Gasteiger partial charge in [-0.25, -0.2) is 4.79 Å². The monoisotopic (exact) mass is 255 g/mol. The first-order valence-corrected chi connectivity index (χ1v) is 6.01. The lowest BCUT2D eigenvalue weighted by molar-refractivity contribution is 0.475. The number of aromatic nitrogens is 1. The van der Waals surface area contributed by atoms with E-state index in [2.05, 4.69) is 0 Å². The number of aromatic hydroxyl groups is 1. The van der Waals surface area contributed by atoms with Crippen LogP contribution in [0.25, 0.3) is 11.1 Å². The van der Waals surface area contributed by atoms with E-state index >= 15 is 0 Å². The van der Waals surface area contributed by atoms with Crippen LogP contribution in [-0.4, -0.2) is 9.67 Å². The summed E-state index contributed by atoms with van der Waals surface area (Å²) in [5, 5.41) is 9.52. The molecule has 3 aromatic rings. The third-order valence-electron chi connectivity index (χ3n) is 3.07. The molecule has 96 valence electrons. The van der Waals surface area contributed by atoms with E-state index in [4.69, 9.17) is 4.42 Å². The molecule has 0 aliphatic rings. The van der Waals surface area contributed by atoms with E-state index < -0.39 is 5.76 Å². The summed E-state index contributed by atoms with van der Waals surface area (Å²) < 4.78 is 6.67. The average molecular weight is 255 g/mol. The Morgan fingerprint density at radius 3 is 2.84 bits per heavy atom. The smallest absolute Gasteiger partial charge is 0.420 e. The first kappa shape index (κ1) is 11.6.